The molecule has 0 aliphatic carbocycles. The summed E-state index contributed by atoms with van der Waals surface area (Å²) in [4.78, 5) is 24.4. The molecule has 0 aromatic heterocycles. The molecule has 0 bridgehead atoms. The Morgan fingerprint density at radius 1 is 0.708 bits per heavy atom. The topological polar surface area (TPSA) is 52.6 Å². The summed E-state index contributed by atoms with van der Waals surface area (Å²) < 4.78 is 9.51. The van der Waals surface area contributed by atoms with E-state index in [1.165, 1.54) is 14.2 Å². The van der Waals surface area contributed by atoms with Crippen LogP contribution in [0.2, 0.25) is 10.0 Å². The number of carbonyl (C=O) groups excluding carboxylic acids is 2. The van der Waals surface area contributed by atoms with Gasteiger partial charge in [-0.1, -0.05) is 47.5 Å². The van der Waals surface area contributed by atoms with Crippen LogP contribution in [0.25, 0.3) is 5.57 Å². The minimum atomic E-state index is -0.790. The van der Waals surface area contributed by atoms with Crippen LogP contribution in [0.3, 0.4) is 0 Å². The maximum absolute atomic E-state index is 12.2. The molecule has 124 valence electrons. The van der Waals surface area contributed by atoms with Crippen molar-refractivity contribution in [1.82, 2.24) is 0 Å². The second kappa shape index (κ2) is 7.99. The zero-order valence-corrected chi connectivity index (χ0v) is 14.5. The molecule has 6 heteroatoms. The molecule has 2 rings (SSSR count). The first-order valence-corrected chi connectivity index (χ1v) is 7.66. The minimum Gasteiger partial charge on any atom is -0.465 e. The Labute approximate surface area is 149 Å². The Balaban J connectivity index is 2.79. The first-order chi connectivity index (χ1) is 11.5. The van der Waals surface area contributed by atoms with E-state index >= 15 is 0 Å². The van der Waals surface area contributed by atoms with Crippen LogP contribution in [-0.4, -0.2) is 26.2 Å². The van der Waals surface area contributed by atoms with E-state index in [-0.39, 0.29) is 5.57 Å². The fourth-order valence-corrected chi connectivity index (χ4v) is 2.43. The lowest BCUT2D eigenvalue weighted by Gasteiger charge is -2.14. The molecule has 0 N–H and O–H groups in total. The van der Waals surface area contributed by atoms with Crippen LogP contribution in [0.15, 0.2) is 54.1 Å². The largest absolute Gasteiger partial charge is 0.465 e. The summed E-state index contributed by atoms with van der Waals surface area (Å²) in [6, 6.07) is 13.5. The van der Waals surface area contributed by atoms with Crippen LogP contribution in [0, 0.1) is 0 Å². The molecule has 0 spiro atoms. The van der Waals surface area contributed by atoms with E-state index in [2.05, 4.69) is 0 Å². The molecule has 2 aromatic carbocycles. The van der Waals surface area contributed by atoms with Crippen molar-refractivity contribution < 1.29 is 19.1 Å². The Bertz CT molecular complexity index is 712. The summed E-state index contributed by atoms with van der Waals surface area (Å²) in [5, 5.41) is 1.07. The highest BCUT2D eigenvalue weighted by Gasteiger charge is 2.26. The Morgan fingerprint density at radius 3 is 1.33 bits per heavy atom. The minimum absolute atomic E-state index is 0.204. The van der Waals surface area contributed by atoms with Gasteiger partial charge in [0.2, 0.25) is 0 Å². The lowest BCUT2D eigenvalue weighted by atomic mass is 9.93. The van der Waals surface area contributed by atoms with Crippen molar-refractivity contribution in [1.29, 1.82) is 0 Å². The maximum atomic E-state index is 12.2. The first-order valence-electron chi connectivity index (χ1n) is 6.90. The summed E-state index contributed by atoms with van der Waals surface area (Å²) in [6.45, 7) is 0. The van der Waals surface area contributed by atoms with Crippen molar-refractivity contribution in [2.24, 2.45) is 0 Å². The number of rotatable bonds is 4. The average Bonchev–Trinajstić information content (AvgIpc) is 2.60. The predicted octanol–water partition coefficient (Wildman–Crippen LogP) is 4.14. The third kappa shape index (κ3) is 3.96. The number of benzene rings is 2. The number of halogens is 2. The zero-order chi connectivity index (χ0) is 17.7. The van der Waals surface area contributed by atoms with Gasteiger partial charge >= 0.3 is 11.9 Å². The summed E-state index contributed by atoms with van der Waals surface area (Å²) in [6.07, 6.45) is 0. The van der Waals surface area contributed by atoms with E-state index in [0.29, 0.717) is 26.7 Å². The van der Waals surface area contributed by atoms with Gasteiger partial charge in [-0.3, -0.25) is 0 Å². The van der Waals surface area contributed by atoms with Gasteiger partial charge < -0.3 is 9.47 Å². The van der Waals surface area contributed by atoms with Gasteiger partial charge in [-0.2, -0.15) is 0 Å². The highest BCUT2D eigenvalue weighted by molar-refractivity contribution is 6.31. The summed E-state index contributed by atoms with van der Waals surface area (Å²) in [7, 11) is 2.40. The molecule has 4 nitrogen and oxygen atoms in total. The third-order valence-electron chi connectivity index (χ3n) is 3.29. The molecule has 0 fully saturated rings. The van der Waals surface area contributed by atoms with Crippen molar-refractivity contribution >= 4 is 40.7 Å². The smallest absolute Gasteiger partial charge is 0.345 e. The fourth-order valence-electron chi connectivity index (χ4n) is 2.18. The van der Waals surface area contributed by atoms with Gasteiger partial charge in [0.05, 0.1) is 14.2 Å². The first kappa shape index (κ1) is 18.0. The van der Waals surface area contributed by atoms with Crippen molar-refractivity contribution in [2.75, 3.05) is 14.2 Å². The number of hydrogen-bond acceptors (Lipinski definition) is 4. The van der Waals surface area contributed by atoms with Crippen LogP contribution >= 0.6 is 23.2 Å². The number of carbonyl (C=O) groups is 2. The van der Waals surface area contributed by atoms with Crippen molar-refractivity contribution in [3.05, 3.63) is 75.3 Å². The normalized spacial score (nSPS) is 10.0. The van der Waals surface area contributed by atoms with Crippen molar-refractivity contribution in [3.63, 3.8) is 0 Å². The summed E-state index contributed by atoms with van der Waals surface area (Å²) in [5.41, 5.74) is 1.41. The van der Waals surface area contributed by atoms with Gasteiger partial charge in [-0.05, 0) is 35.4 Å². The molecule has 2 aromatic rings. The molecular formula is C18H14Cl2O4. The summed E-state index contributed by atoms with van der Waals surface area (Å²) in [5.74, 6) is -1.58. The van der Waals surface area contributed by atoms with Crippen LogP contribution in [-0.2, 0) is 19.1 Å². The van der Waals surface area contributed by atoms with Gasteiger partial charge in [0.25, 0.3) is 0 Å². The summed E-state index contributed by atoms with van der Waals surface area (Å²) >= 11 is 11.9. The van der Waals surface area contributed by atoms with E-state index in [4.69, 9.17) is 32.7 Å². The quantitative estimate of drug-likeness (QED) is 0.354. The van der Waals surface area contributed by atoms with Crippen LogP contribution < -0.4 is 0 Å². The lowest BCUT2D eigenvalue weighted by Crippen LogP contribution is -2.18. The SMILES string of the molecule is COC(=O)C(C(=O)OC)=C(c1ccc(Cl)cc1)c1ccc(Cl)cc1. The Kier molecular flexibility index (Phi) is 6.01. The average molecular weight is 365 g/mol. The van der Waals surface area contributed by atoms with E-state index in [9.17, 15) is 9.59 Å². The Hall–Kier alpha value is -2.30. The highest BCUT2D eigenvalue weighted by Crippen LogP contribution is 2.30. The van der Waals surface area contributed by atoms with E-state index in [1.807, 2.05) is 0 Å². The zero-order valence-electron chi connectivity index (χ0n) is 13.0. The van der Waals surface area contributed by atoms with Gasteiger partial charge in [-0.25, -0.2) is 9.59 Å². The van der Waals surface area contributed by atoms with E-state index < -0.39 is 11.9 Å². The van der Waals surface area contributed by atoms with Gasteiger partial charge in [0, 0.05) is 15.6 Å². The van der Waals surface area contributed by atoms with Crippen molar-refractivity contribution in [3.8, 4) is 0 Å². The number of ether oxygens (including phenoxy) is 2. The molecule has 0 heterocycles. The lowest BCUT2D eigenvalue weighted by molar-refractivity contribution is -0.143. The molecule has 0 aliphatic heterocycles. The number of hydrogen-bond donors (Lipinski definition) is 0. The highest BCUT2D eigenvalue weighted by atomic mass is 35.5. The molecule has 0 amide bonds. The molecule has 0 aliphatic rings. The van der Waals surface area contributed by atoms with Gasteiger partial charge in [-0.15, -0.1) is 0 Å². The second-order valence-corrected chi connectivity index (χ2v) is 5.62. The molecular weight excluding hydrogens is 351 g/mol. The monoisotopic (exact) mass is 364 g/mol. The molecule has 24 heavy (non-hydrogen) atoms. The van der Waals surface area contributed by atoms with E-state index in [0.717, 1.165) is 0 Å². The number of methoxy groups -OCH3 is 2. The maximum Gasteiger partial charge on any atom is 0.345 e. The fraction of sp³-hybridized carbons (Fsp3) is 0.111. The van der Waals surface area contributed by atoms with Crippen LogP contribution in [0.1, 0.15) is 11.1 Å². The predicted molar refractivity (Wildman–Crippen MR) is 93.0 cm³/mol. The number of esters is 2. The molecule has 0 saturated carbocycles. The molecule has 0 radical (unpaired) electrons. The van der Waals surface area contributed by atoms with Gasteiger partial charge in [0.1, 0.15) is 0 Å². The Morgan fingerprint density at radius 2 is 1.04 bits per heavy atom. The molecule has 0 atom stereocenters. The second-order valence-electron chi connectivity index (χ2n) is 4.75. The van der Waals surface area contributed by atoms with E-state index in [1.54, 1.807) is 48.5 Å². The molecule has 0 unspecified atom stereocenters. The van der Waals surface area contributed by atoms with Gasteiger partial charge in [0.15, 0.2) is 5.57 Å². The van der Waals surface area contributed by atoms with Crippen LogP contribution in [0.5, 0.6) is 0 Å². The molecule has 0 saturated heterocycles. The third-order valence-corrected chi connectivity index (χ3v) is 3.80. The standard InChI is InChI=1S/C18H14Cl2O4/c1-23-17(21)16(18(22)24-2)15(11-3-7-13(19)8-4-11)12-5-9-14(20)10-6-12/h3-10H,1-2H3. The van der Waals surface area contributed by atoms with Crippen molar-refractivity contribution in [2.45, 2.75) is 0 Å². The van der Waals surface area contributed by atoms with Crippen LogP contribution in [0.4, 0.5) is 0 Å².